The maximum atomic E-state index is 11.7. The highest BCUT2D eigenvalue weighted by Crippen LogP contribution is 2.16. The van der Waals surface area contributed by atoms with E-state index < -0.39 is 0 Å². The van der Waals surface area contributed by atoms with Crippen molar-refractivity contribution in [1.82, 2.24) is 4.90 Å². The third kappa shape index (κ3) is 3.05. The number of amides is 1. The SMILES string of the molecule is Cc1ccc(NC(=O)CN2CC(O)C2)c(C)c1. The Hall–Kier alpha value is -1.39. The number of carbonyl (C=O) groups is 1. The van der Waals surface area contributed by atoms with Gasteiger partial charge in [0.25, 0.3) is 0 Å². The van der Waals surface area contributed by atoms with E-state index in [2.05, 4.69) is 5.32 Å². The minimum Gasteiger partial charge on any atom is -0.390 e. The number of anilines is 1. The number of hydrogen-bond acceptors (Lipinski definition) is 3. The molecule has 1 aliphatic heterocycles. The Morgan fingerprint density at radius 2 is 2.18 bits per heavy atom. The van der Waals surface area contributed by atoms with Gasteiger partial charge in [0.2, 0.25) is 5.91 Å². The van der Waals surface area contributed by atoms with Crippen molar-refractivity contribution >= 4 is 11.6 Å². The van der Waals surface area contributed by atoms with E-state index in [1.165, 1.54) is 5.56 Å². The number of hydrogen-bond donors (Lipinski definition) is 2. The lowest BCUT2D eigenvalue weighted by atomic mass is 10.1. The third-order valence-corrected chi connectivity index (χ3v) is 2.96. The van der Waals surface area contributed by atoms with E-state index in [1.807, 2.05) is 36.9 Å². The Kier molecular flexibility index (Phi) is 3.45. The van der Waals surface area contributed by atoms with Crippen molar-refractivity contribution in [1.29, 1.82) is 0 Å². The van der Waals surface area contributed by atoms with Crippen LogP contribution in [0.5, 0.6) is 0 Å². The molecule has 0 aromatic heterocycles. The maximum absolute atomic E-state index is 11.7. The molecule has 0 unspecified atom stereocenters. The number of aliphatic hydroxyl groups excluding tert-OH is 1. The first-order valence-corrected chi connectivity index (χ1v) is 5.82. The van der Waals surface area contributed by atoms with E-state index >= 15 is 0 Å². The molecule has 17 heavy (non-hydrogen) atoms. The molecule has 0 atom stereocenters. The summed E-state index contributed by atoms with van der Waals surface area (Å²) in [6.45, 7) is 5.56. The molecule has 2 N–H and O–H groups in total. The van der Waals surface area contributed by atoms with Gasteiger partial charge in [0, 0.05) is 18.8 Å². The van der Waals surface area contributed by atoms with Crippen molar-refractivity contribution in [2.24, 2.45) is 0 Å². The highest BCUT2D eigenvalue weighted by molar-refractivity contribution is 5.93. The van der Waals surface area contributed by atoms with Crippen molar-refractivity contribution in [3.63, 3.8) is 0 Å². The quantitative estimate of drug-likeness (QED) is 0.817. The smallest absolute Gasteiger partial charge is 0.238 e. The van der Waals surface area contributed by atoms with E-state index in [1.54, 1.807) is 0 Å². The molecule has 1 aliphatic rings. The van der Waals surface area contributed by atoms with E-state index in [0.29, 0.717) is 19.6 Å². The molecule has 0 radical (unpaired) electrons. The fourth-order valence-electron chi connectivity index (χ4n) is 2.02. The van der Waals surface area contributed by atoms with Crippen LogP contribution in [0.3, 0.4) is 0 Å². The summed E-state index contributed by atoms with van der Waals surface area (Å²) in [6.07, 6.45) is -0.260. The molecule has 0 saturated carbocycles. The summed E-state index contributed by atoms with van der Waals surface area (Å²) in [4.78, 5) is 13.6. The summed E-state index contributed by atoms with van der Waals surface area (Å²) >= 11 is 0. The van der Waals surface area contributed by atoms with Gasteiger partial charge in [-0.05, 0) is 25.5 Å². The lowest BCUT2D eigenvalue weighted by Crippen LogP contribution is -2.53. The average Bonchev–Trinajstić information content (AvgIpc) is 2.20. The van der Waals surface area contributed by atoms with Crippen LogP contribution in [-0.2, 0) is 4.79 Å². The second-order valence-corrected chi connectivity index (χ2v) is 4.71. The summed E-state index contributed by atoms with van der Waals surface area (Å²) in [5, 5.41) is 12.0. The van der Waals surface area contributed by atoms with Gasteiger partial charge in [0.05, 0.1) is 12.6 Å². The van der Waals surface area contributed by atoms with Gasteiger partial charge in [-0.1, -0.05) is 17.7 Å². The van der Waals surface area contributed by atoms with Crippen LogP contribution in [0.4, 0.5) is 5.69 Å². The topological polar surface area (TPSA) is 52.6 Å². The number of carbonyl (C=O) groups excluding carboxylic acids is 1. The van der Waals surface area contributed by atoms with E-state index in [4.69, 9.17) is 5.11 Å². The van der Waals surface area contributed by atoms with Crippen LogP contribution in [0.15, 0.2) is 18.2 Å². The Balaban J connectivity index is 1.89. The summed E-state index contributed by atoms with van der Waals surface area (Å²) in [5.74, 6) is -0.0242. The lowest BCUT2D eigenvalue weighted by molar-refractivity contribution is -0.119. The minimum absolute atomic E-state index is 0.0242. The zero-order valence-corrected chi connectivity index (χ0v) is 10.2. The number of likely N-dealkylation sites (tertiary alicyclic amines) is 1. The van der Waals surface area contributed by atoms with Crippen LogP contribution < -0.4 is 5.32 Å². The second kappa shape index (κ2) is 4.85. The standard InChI is InChI=1S/C13H18N2O2/c1-9-3-4-12(10(2)5-9)14-13(17)8-15-6-11(16)7-15/h3-5,11,16H,6-8H2,1-2H3,(H,14,17). The van der Waals surface area contributed by atoms with E-state index in [9.17, 15) is 4.79 Å². The number of aliphatic hydroxyl groups is 1. The Labute approximate surface area is 101 Å². The Morgan fingerprint density at radius 3 is 2.76 bits per heavy atom. The van der Waals surface area contributed by atoms with Crippen LogP contribution in [0.1, 0.15) is 11.1 Å². The largest absolute Gasteiger partial charge is 0.390 e. The molecule has 1 aromatic rings. The van der Waals surface area contributed by atoms with Gasteiger partial charge in [0.1, 0.15) is 0 Å². The van der Waals surface area contributed by atoms with Gasteiger partial charge >= 0.3 is 0 Å². The highest BCUT2D eigenvalue weighted by atomic mass is 16.3. The molecule has 1 heterocycles. The molecule has 0 aliphatic carbocycles. The first-order chi connectivity index (χ1) is 8.04. The summed E-state index contributed by atoms with van der Waals surface area (Å²) < 4.78 is 0. The molecule has 4 nitrogen and oxygen atoms in total. The van der Waals surface area contributed by atoms with Crippen molar-refractivity contribution in [3.05, 3.63) is 29.3 Å². The Morgan fingerprint density at radius 1 is 1.47 bits per heavy atom. The van der Waals surface area contributed by atoms with Crippen LogP contribution in [0, 0.1) is 13.8 Å². The van der Waals surface area contributed by atoms with Crippen LogP contribution >= 0.6 is 0 Å². The number of β-amino-alcohol motifs (C(OH)–C–C–N with tert-alkyl or cyclic N) is 1. The molecule has 0 spiro atoms. The number of aryl methyl sites for hydroxylation is 2. The van der Waals surface area contributed by atoms with E-state index in [0.717, 1.165) is 11.3 Å². The molecule has 2 rings (SSSR count). The average molecular weight is 234 g/mol. The number of nitrogens with one attached hydrogen (secondary N) is 1. The normalized spacial score (nSPS) is 16.6. The van der Waals surface area contributed by atoms with Crippen LogP contribution in [-0.4, -0.2) is 41.7 Å². The maximum Gasteiger partial charge on any atom is 0.238 e. The first-order valence-electron chi connectivity index (χ1n) is 5.82. The van der Waals surface area contributed by atoms with Crippen LogP contribution in [0.2, 0.25) is 0 Å². The zero-order chi connectivity index (χ0) is 12.4. The highest BCUT2D eigenvalue weighted by Gasteiger charge is 2.25. The Bertz CT molecular complexity index is 425. The van der Waals surface area contributed by atoms with Crippen molar-refractivity contribution in [3.8, 4) is 0 Å². The summed E-state index contributed by atoms with van der Waals surface area (Å²) in [6, 6.07) is 5.95. The van der Waals surface area contributed by atoms with Crippen LogP contribution in [0.25, 0.3) is 0 Å². The third-order valence-electron chi connectivity index (χ3n) is 2.96. The molecule has 1 amide bonds. The van der Waals surface area contributed by atoms with Gasteiger partial charge in [-0.3, -0.25) is 9.69 Å². The fourth-order valence-corrected chi connectivity index (χ4v) is 2.02. The first kappa shape index (κ1) is 12.1. The van der Waals surface area contributed by atoms with Crippen molar-refractivity contribution < 1.29 is 9.90 Å². The molecule has 1 saturated heterocycles. The van der Waals surface area contributed by atoms with Crippen molar-refractivity contribution in [2.45, 2.75) is 20.0 Å². The number of benzene rings is 1. The fraction of sp³-hybridized carbons (Fsp3) is 0.462. The van der Waals surface area contributed by atoms with Gasteiger partial charge in [-0.2, -0.15) is 0 Å². The predicted molar refractivity (Wildman–Crippen MR) is 67.0 cm³/mol. The van der Waals surface area contributed by atoms with E-state index in [-0.39, 0.29) is 12.0 Å². The number of rotatable bonds is 3. The molecule has 4 heteroatoms. The molecule has 1 aromatic carbocycles. The lowest BCUT2D eigenvalue weighted by Gasteiger charge is -2.35. The minimum atomic E-state index is -0.260. The summed E-state index contributed by atoms with van der Waals surface area (Å²) in [5.41, 5.74) is 3.12. The molecule has 1 fully saturated rings. The predicted octanol–water partition coefficient (Wildman–Crippen LogP) is 0.918. The zero-order valence-electron chi connectivity index (χ0n) is 10.2. The molecular formula is C13H18N2O2. The summed E-state index contributed by atoms with van der Waals surface area (Å²) in [7, 11) is 0. The van der Waals surface area contributed by atoms with Gasteiger partial charge < -0.3 is 10.4 Å². The monoisotopic (exact) mass is 234 g/mol. The molecule has 0 bridgehead atoms. The second-order valence-electron chi connectivity index (χ2n) is 4.71. The van der Waals surface area contributed by atoms with Crippen molar-refractivity contribution in [2.75, 3.05) is 25.0 Å². The molecular weight excluding hydrogens is 216 g/mol. The van der Waals surface area contributed by atoms with Gasteiger partial charge in [-0.25, -0.2) is 0 Å². The number of nitrogens with zero attached hydrogens (tertiary/aromatic N) is 1. The van der Waals surface area contributed by atoms with Gasteiger partial charge in [0.15, 0.2) is 0 Å². The van der Waals surface area contributed by atoms with Gasteiger partial charge in [-0.15, -0.1) is 0 Å². The molecule has 92 valence electrons.